The molecule has 0 unspecified atom stereocenters. The summed E-state index contributed by atoms with van der Waals surface area (Å²) in [7, 11) is 0. The van der Waals surface area contributed by atoms with Gasteiger partial charge in [-0.1, -0.05) is 27.7 Å². The highest BCUT2D eigenvalue weighted by molar-refractivity contribution is 5.81. The maximum Gasteiger partial charge on any atom is 0.220 e. The fourth-order valence-electron chi connectivity index (χ4n) is 2.20. The van der Waals surface area contributed by atoms with Crippen LogP contribution in [0.5, 0.6) is 0 Å². The van der Waals surface area contributed by atoms with Crippen LogP contribution < -0.4 is 5.32 Å². The molecule has 0 aromatic heterocycles. The summed E-state index contributed by atoms with van der Waals surface area (Å²) in [6.45, 7) is 11.1. The van der Waals surface area contributed by atoms with Gasteiger partial charge >= 0.3 is 0 Å². The molecule has 0 aliphatic rings. The predicted octanol–water partition coefficient (Wildman–Crippen LogP) is 3.99. The van der Waals surface area contributed by atoms with Gasteiger partial charge in [-0.2, -0.15) is 0 Å². The Balaban J connectivity index is 0. The topological polar surface area (TPSA) is 64.6 Å². The molecule has 0 bridgehead atoms. The number of rotatable bonds is 17. The second kappa shape index (κ2) is 16.5. The van der Waals surface area contributed by atoms with Gasteiger partial charge in [0.15, 0.2) is 5.78 Å². The van der Waals surface area contributed by atoms with Gasteiger partial charge in [0.2, 0.25) is 5.91 Å². The van der Waals surface area contributed by atoms with Crippen molar-refractivity contribution in [2.45, 2.75) is 72.6 Å². The molecule has 0 atom stereocenters. The zero-order valence-corrected chi connectivity index (χ0v) is 16.8. The first kappa shape index (κ1) is 24.1. The Labute approximate surface area is 155 Å². The molecule has 0 rings (SSSR count). The van der Waals surface area contributed by atoms with Crippen LogP contribution in [0.15, 0.2) is 0 Å². The summed E-state index contributed by atoms with van der Waals surface area (Å²) >= 11 is 0. The molecule has 0 radical (unpaired) electrons. The minimum Gasteiger partial charge on any atom is -0.381 e. The van der Waals surface area contributed by atoms with Crippen molar-refractivity contribution in [1.82, 2.24) is 5.32 Å². The van der Waals surface area contributed by atoms with E-state index in [4.69, 9.17) is 9.47 Å². The van der Waals surface area contributed by atoms with Crippen LogP contribution in [-0.4, -0.2) is 44.7 Å². The number of amides is 1. The third kappa shape index (κ3) is 17.7. The molecular weight excluding hydrogens is 318 g/mol. The molecule has 1 amide bonds. The smallest absolute Gasteiger partial charge is 0.220 e. The van der Waals surface area contributed by atoms with Gasteiger partial charge in [-0.05, 0) is 44.4 Å². The van der Waals surface area contributed by atoms with E-state index in [1.54, 1.807) is 0 Å². The summed E-state index contributed by atoms with van der Waals surface area (Å²) in [5, 5.41) is 2.95. The maximum absolute atomic E-state index is 11.5. The second-order valence-electron chi connectivity index (χ2n) is 7.36. The normalized spacial score (nSPS) is 11.3. The molecule has 0 aromatic rings. The molecule has 5 nitrogen and oxygen atoms in total. The van der Waals surface area contributed by atoms with Crippen LogP contribution in [0.1, 0.15) is 74.1 Å². The molecule has 0 fully saturated rings. The van der Waals surface area contributed by atoms with E-state index in [0.717, 1.165) is 58.3 Å². The average molecular weight is 360 g/mol. The number of ether oxygens (including phenoxy) is 2. The predicted molar refractivity (Wildman–Crippen MR) is 104 cm³/mol. The molecule has 25 heavy (non-hydrogen) atoms. The van der Waals surface area contributed by atoms with E-state index in [2.05, 4.69) is 19.2 Å². The highest BCUT2D eigenvalue weighted by Crippen LogP contribution is 2.01. The van der Waals surface area contributed by atoms with Gasteiger partial charge in [-0.15, -0.1) is 0 Å². The van der Waals surface area contributed by atoms with Crippen LogP contribution in [0.2, 0.25) is 0 Å². The van der Waals surface area contributed by atoms with Crippen molar-refractivity contribution in [3.8, 4) is 0 Å². The van der Waals surface area contributed by atoms with Gasteiger partial charge in [0.1, 0.15) is 6.61 Å². The summed E-state index contributed by atoms with van der Waals surface area (Å²) in [6.07, 6.45) is 6.83. The van der Waals surface area contributed by atoms with Gasteiger partial charge in [0.25, 0.3) is 0 Å². The van der Waals surface area contributed by atoms with Crippen molar-refractivity contribution in [2.24, 2.45) is 11.8 Å². The number of hydrogen-bond acceptors (Lipinski definition) is 4. The summed E-state index contributed by atoms with van der Waals surface area (Å²) in [5.41, 5.74) is 0. The lowest BCUT2D eigenvalue weighted by atomic mass is 10.1. The summed E-state index contributed by atoms with van der Waals surface area (Å²) < 4.78 is 11.0. The summed E-state index contributed by atoms with van der Waals surface area (Å²) in [6, 6.07) is 0. The SMILES string of the molecule is CC(C)CC(=O)NCCCCCOCCCCCOCC(=O)C(C)C.[HH]. The van der Waals surface area contributed by atoms with Crippen molar-refractivity contribution >= 4 is 11.7 Å². The molecule has 0 aliphatic carbocycles. The number of carbonyl (C=O) groups excluding carboxylic acids is 2. The van der Waals surface area contributed by atoms with Crippen molar-refractivity contribution < 1.29 is 20.5 Å². The van der Waals surface area contributed by atoms with Crippen LogP contribution >= 0.6 is 0 Å². The van der Waals surface area contributed by atoms with Crippen LogP contribution in [0, 0.1) is 11.8 Å². The van der Waals surface area contributed by atoms with Crippen LogP contribution in [0.4, 0.5) is 0 Å². The fraction of sp³-hybridized carbons (Fsp3) is 0.900. The van der Waals surface area contributed by atoms with E-state index in [1.807, 2.05) is 13.8 Å². The Morgan fingerprint density at radius 3 is 1.96 bits per heavy atom. The molecule has 1 N–H and O–H groups in total. The van der Waals surface area contributed by atoms with Crippen LogP contribution in [-0.2, 0) is 19.1 Å². The van der Waals surface area contributed by atoms with Crippen molar-refractivity contribution in [2.75, 3.05) is 33.0 Å². The molecule has 150 valence electrons. The van der Waals surface area contributed by atoms with Gasteiger partial charge in [-0.3, -0.25) is 9.59 Å². The third-order valence-electron chi connectivity index (χ3n) is 3.85. The molecule has 0 heterocycles. The van der Waals surface area contributed by atoms with Gasteiger partial charge in [-0.25, -0.2) is 0 Å². The molecule has 0 spiro atoms. The van der Waals surface area contributed by atoms with Gasteiger partial charge < -0.3 is 14.8 Å². The van der Waals surface area contributed by atoms with Crippen molar-refractivity contribution in [3.05, 3.63) is 0 Å². The van der Waals surface area contributed by atoms with Crippen molar-refractivity contribution in [3.63, 3.8) is 0 Å². The van der Waals surface area contributed by atoms with E-state index in [1.165, 1.54) is 0 Å². The third-order valence-corrected chi connectivity index (χ3v) is 3.85. The van der Waals surface area contributed by atoms with E-state index in [0.29, 0.717) is 18.9 Å². The first-order chi connectivity index (χ1) is 11.9. The maximum atomic E-state index is 11.5. The number of hydrogen-bond donors (Lipinski definition) is 1. The Bertz CT molecular complexity index is 349. The number of unbranched alkanes of at least 4 members (excludes halogenated alkanes) is 4. The Hall–Kier alpha value is -0.940. The molecule has 0 aromatic carbocycles. The average Bonchev–Trinajstić information content (AvgIpc) is 2.54. The zero-order valence-electron chi connectivity index (χ0n) is 16.8. The van der Waals surface area contributed by atoms with E-state index >= 15 is 0 Å². The lowest BCUT2D eigenvalue weighted by molar-refractivity contribution is -0.126. The minimum atomic E-state index is 0. The largest absolute Gasteiger partial charge is 0.381 e. The minimum absolute atomic E-state index is 0. The Morgan fingerprint density at radius 2 is 1.40 bits per heavy atom. The van der Waals surface area contributed by atoms with E-state index in [9.17, 15) is 9.59 Å². The second-order valence-corrected chi connectivity index (χ2v) is 7.36. The fourth-order valence-corrected chi connectivity index (χ4v) is 2.20. The van der Waals surface area contributed by atoms with Gasteiger partial charge in [0, 0.05) is 40.1 Å². The number of Topliss-reactive ketones (excluding diaryl/α,β-unsaturated/α-hetero) is 1. The molecule has 0 aliphatic heterocycles. The highest BCUT2D eigenvalue weighted by atomic mass is 16.5. The quantitative estimate of drug-likeness (QED) is 0.399. The first-order valence-electron chi connectivity index (χ1n) is 9.88. The zero-order chi connectivity index (χ0) is 18.9. The lowest BCUT2D eigenvalue weighted by Gasteiger charge is -2.08. The number of nitrogens with one attached hydrogen (secondary N) is 1. The summed E-state index contributed by atoms with van der Waals surface area (Å²) in [4.78, 5) is 22.8. The lowest BCUT2D eigenvalue weighted by Crippen LogP contribution is -2.25. The number of ketones is 1. The van der Waals surface area contributed by atoms with Crippen LogP contribution in [0.25, 0.3) is 0 Å². The summed E-state index contributed by atoms with van der Waals surface area (Å²) in [5.74, 6) is 0.804. The standard InChI is InChI=1S/C20H39NO4.H2/c1-17(2)15-20(23)21-11-7-5-8-12-24-13-9-6-10-14-25-16-19(22)18(3)4;/h17-18H,5-16H2,1-4H3,(H,21,23);1H. The molecule has 0 saturated heterocycles. The Kier molecular flexibility index (Phi) is 15.9. The highest BCUT2D eigenvalue weighted by Gasteiger charge is 2.06. The van der Waals surface area contributed by atoms with E-state index in [-0.39, 0.29) is 25.6 Å². The molecular formula is C20H41NO4. The van der Waals surface area contributed by atoms with E-state index < -0.39 is 0 Å². The Morgan fingerprint density at radius 1 is 0.840 bits per heavy atom. The number of carbonyl (C=O) groups is 2. The van der Waals surface area contributed by atoms with Gasteiger partial charge in [0.05, 0.1) is 0 Å². The monoisotopic (exact) mass is 359 g/mol. The first-order valence-corrected chi connectivity index (χ1v) is 9.88. The molecule has 0 saturated carbocycles. The van der Waals surface area contributed by atoms with Crippen molar-refractivity contribution in [1.29, 1.82) is 0 Å². The molecule has 5 heteroatoms. The van der Waals surface area contributed by atoms with Crippen LogP contribution in [0.3, 0.4) is 0 Å².